The number of nitrogens with zero attached hydrogens (tertiary/aromatic N) is 3. The van der Waals surface area contributed by atoms with E-state index in [0.29, 0.717) is 0 Å². The van der Waals surface area contributed by atoms with E-state index in [4.69, 9.17) is 0 Å². The van der Waals surface area contributed by atoms with Crippen LogP contribution in [-0.2, 0) is 0 Å². The Morgan fingerprint density at radius 2 is 0.762 bits per heavy atom. The lowest BCUT2D eigenvalue weighted by Crippen LogP contribution is -2.42. The van der Waals surface area contributed by atoms with Gasteiger partial charge in [-0.2, -0.15) is 0 Å². The highest BCUT2D eigenvalue weighted by Crippen LogP contribution is 2.55. The smallest absolute Gasteiger partial charge is 0.0626 e. The van der Waals surface area contributed by atoms with Crippen LogP contribution in [-0.4, -0.2) is 12.1 Å². The number of allylic oxidation sites excluding steroid dienone is 7. The van der Waals surface area contributed by atoms with Crippen molar-refractivity contribution in [2.24, 2.45) is 0 Å². The molecule has 5 unspecified atom stereocenters. The highest BCUT2D eigenvalue weighted by molar-refractivity contribution is 6.00. The third-order valence-electron chi connectivity index (χ3n) is 14.2. The minimum Gasteiger partial charge on any atom is -0.337 e. The summed E-state index contributed by atoms with van der Waals surface area (Å²) in [5, 5.41) is 0. The second-order valence-corrected chi connectivity index (χ2v) is 17.5. The Kier molecular flexibility index (Phi) is 8.30. The largest absolute Gasteiger partial charge is 0.337 e. The van der Waals surface area contributed by atoms with Crippen LogP contribution in [0.4, 0.5) is 28.4 Å². The second-order valence-electron chi connectivity index (χ2n) is 17.5. The van der Waals surface area contributed by atoms with Gasteiger partial charge in [0.2, 0.25) is 0 Å². The van der Waals surface area contributed by atoms with E-state index in [1.165, 1.54) is 89.9 Å². The van der Waals surface area contributed by atoms with E-state index in [0.717, 1.165) is 6.42 Å². The van der Waals surface area contributed by atoms with Gasteiger partial charge < -0.3 is 14.7 Å². The lowest BCUT2D eigenvalue weighted by Gasteiger charge is -2.43. The first kappa shape index (κ1) is 36.1. The molecule has 0 saturated carbocycles. The van der Waals surface area contributed by atoms with Gasteiger partial charge in [-0.3, -0.25) is 0 Å². The zero-order chi connectivity index (χ0) is 41.4. The molecule has 3 heterocycles. The molecule has 13 rings (SSSR count). The predicted molar refractivity (Wildman–Crippen MR) is 262 cm³/mol. The third kappa shape index (κ3) is 5.59. The van der Waals surface area contributed by atoms with E-state index in [-0.39, 0.29) is 29.8 Å². The number of benzene rings is 7. The van der Waals surface area contributed by atoms with Crippen LogP contribution < -0.4 is 14.7 Å². The molecule has 0 bridgehead atoms. The van der Waals surface area contributed by atoms with Crippen molar-refractivity contribution in [3.05, 3.63) is 259 Å². The fraction of sp³-hybridized carbons (Fsp3) is 0.100. The van der Waals surface area contributed by atoms with Crippen molar-refractivity contribution in [3.8, 4) is 33.4 Å². The average Bonchev–Trinajstić information content (AvgIpc) is 3.63. The van der Waals surface area contributed by atoms with Gasteiger partial charge >= 0.3 is 0 Å². The summed E-state index contributed by atoms with van der Waals surface area (Å²) in [5.41, 5.74) is 20.3. The Morgan fingerprint density at radius 3 is 1.33 bits per heavy atom. The molecule has 7 aromatic rings. The summed E-state index contributed by atoms with van der Waals surface area (Å²) in [6, 6.07) is 63.5. The zero-order valence-corrected chi connectivity index (χ0v) is 34.9. The number of anilines is 5. The fourth-order valence-electron chi connectivity index (χ4n) is 11.6. The number of hydrogen-bond acceptors (Lipinski definition) is 3. The lowest BCUT2D eigenvalue weighted by molar-refractivity contribution is 0.636. The molecule has 0 N–H and O–H groups in total. The minimum absolute atomic E-state index is 0.0550. The van der Waals surface area contributed by atoms with Crippen LogP contribution in [0, 0.1) is 0 Å². The SMILES string of the molecule is C1=CC2c3ccccc3N(C3=CC(N4c5ccccc5-c5ccccc5-c5ccccc54)CC(N4c5ccccc5-c5ccccc5C5C=CC=CC54)=C3)c3ccccc3C2C=C1. The van der Waals surface area contributed by atoms with Crippen LogP contribution in [0.5, 0.6) is 0 Å². The van der Waals surface area contributed by atoms with Gasteiger partial charge in [-0.15, -0.1) is 0 Å². The highest BCUT2D eigenvalue weighted by Gasteiger charge is 2.40. The van der Waals surface area contributed by atoms with E-state index in [1.54, 1.807) is 0 Å². The normalized spacial score (nSPS) is 21.9. The van der Waals surface area contributed by atoms with Crippen LogP contribution in [0.1, 0.15) is 40.9 Å². The minimum atomic E-state index is -0.0550. The second kappa shape index (κ2) is 14.5. The maximum absolute atomic E-state index is 2.70. The molecular weight excluding hydrogens is 763 g/mol. The lowest BCUT2D eigenvalue weighted by atomic mass is 9.79. The summed E-state index contributed by atoms with van der Waals surface area (Å²) < 4.78 is 0. The first-order valence-corrected chi connectivity index (χ1v) is 22.5. The molecule has 300 valence electrons. The summed E-state index contributed by atoms with van der Waals surface area (Å²) in [5.74, 6) is 0.613. The molecule has 0 aromatic heterocycles. The molecule has 0 saturated heterocycles. The van der Waals surface area contributed by atoms with Gasteiger partial charge in [0.25, 0.3) is 0 Å². The number of para-hydroxylation sites is 5. The predicted octanol–water partition coefficient (Wildman–Crippen LogP) is 14.9. The molecule has 5 atom stereocenters. The Bertz CT molecular complexity index is 3050. The van der Waals surface area contributed by atoms with Crippen molar-refractivity contribution in [3.63, 3.8) is 0 Å². The monoisotopic (exact) mass is 807 g/mol. The molecule has 3 aliphatic heterocycles. The first-order chi connectivity index (χ1) is 31.3. The molecule has 0 radical (unpaired) electrons. The Hall–Kier alpha value is -7.62. The van der Waals surface area contributed by atoms with E-state index >= 15 is 0 Å². The molecule has 3 nitrogen and oxygen atoms in total. The molecule has 0 spiro atoms. The quantitative estimate of drug-likeness (QED) is 0.176. The van der Waals surface area contributed by atoms with Gasteiger partial charge in [-0.1, -0.05) is 188 Å². The van der Waals surface area contributed by atoms with Crippen molar-refractivity contribution in [2.45, 2.75) is 36.3 Å². The van der Waals surface area contributed by atoms with Crippen molar-refractivity contribution >= 4 is 28.4 Å². The van der Waals surface area contributed by atoms with Crippen molar-refractivity contribution in [1.82, 2.24) is 0 Å². The number of rotatable bonds is 3. The molecule has 3 heteroatoms. The van der Waals surface area contributed by atoms with Crippen LogP contribution in [0.15, 0.2) is 242 Å². The summed E-state index contributed by atoms with van der Waals surface area (Å²) in [7, 11) is 0. The molecule has 3 aliphatic carbocycles. The van der Waals surface area contributed by atoms with E-state index in [2.05, 4.69) is 245 Å². The van der Waals surface area contributed by atoms with Gasteiger partial charge in [-0.05, 0) is 75.9 Å². The van der Waals surface area contributed by atoms with Gasteiger partial charge in [0, 0.05) is 80.7 Å². The maximum Gasteiger partial charge on any atom is 0.0626 e. The summed E-state index contributed by atoms with van der Waals surface area (Å²) in [6.07, 6.45) is 24.5. The summed E-state index contributed by atoms with van der Waals surface area (Å²) in [4.78, 5) is 7.95. The van der Waals surface area contributed by atoms with Crippen LogP contribution in [0.2, 0.25) is 0 Å². The van der Waals surface area contributed by atoms with E-state index < -0.39 is 0 Å². The van der Waals surface area contributed by atoms with Gasteiger partial charge in [0.1, 0.15) is 0 Å². The Morgan fingerprint density at radius 1 is 0.349 bits per heavy atom. The van der Waals surface area contributed by atoms with Crippen molar-refractivity contribution in [1.29, 1.82) is 0 Å². The first-order valence-electron chi connectivity index (χ1n) is 22.5. The molecule has 7 aromatic carbocycles. The summed E-state index contributed by atoms with van der Waals surface area (Å²) in [6.45, 7) is 0. The van der Waals surface area contributed by atoms with Crippen molar-refractivity contribution in [2.75, 3.05) is 14.7 Å². The van der Waals surface area contributed by atoms with E-state index in [9.17, 15) is 0 Å². The van der Waals surface area contributed by atoms with E-state index in [1.807, 2.05) is 0 Å². The fourth-order valence-corrected chi connectivity index (χ4v) is 11.6. The van der Waals surface area contributed by atoms with Crippen molar-refractivity contribution < 1.29 is 0 Å². The zero-order valence-electron chi connectivity index (χ0n) is 34.9. The topological polar surface area (TPSA) is 9.72 Å². The molecular formula is C60H45N3. The average molecular weight is 808 g/mol. The maximum atomic E-state index is 2.70. The molecule has 63 heavy (non-hydrogen) atoms. The van der Waals surface area contributed by atoms with Gasteiger partial charge in [0.05, 0.1) is 12.1 Å². The van der Waals surface area contributed by atoms with Gasteiger partial charge in [-0.25, -0.2) is 0 Å². The van der Waals surface area contributed by atoms with Crippen LogP contribution in [0.25, 0.3) is 33.4 Å². The standard InChI is InChI=1S/C60H45N3/c1-2-20-44-43(19-1)49-25-7-13-31-55(49)61(56-32-14-8-26-50(44)56)40-37-41(62-57-33-15-9-27-51(57)45-21-3-4-22-46(45)52-28-10-16-34-58(52)62)39-42(38-40)63-59-35-17-11-29-53(59)47-23-5-6-24-48(47)54-30-12-18-36-60(54)63/h1-38,41,43-44,53,59H,39H2. The number of hydrogen-bond donors (Lipinski definition) is 0. The van der Waals surface area contributed by atoms with Crippen LogP contribution >= 0.6 is 0 Å². The summed E-state index contributed by atoms with van der Waals surface area (Å²) >= 11 is 0. The molecule has 6 aliphatic rings. The Labute approximate surface area is 369 Å². The Balaban J connectivity index is 1.09. The molecule has 0 fully saturated rings. The van der Waals surface area contributed by atoms with Crippen LogP contribution in [0.3, 0.4) is 0 Å². The third-order valence-corrected chi connectivity index (χ3v) is 14.2. The highest BCUT2D eigenvalue weighted by atomic mass is 15.2. The number of fused-ring (bicyclic) bond motifs is 15. The van der Waals surface area contributed by atoms with Gasteiger partial charge in [0.15, 0.2) is 0 Å². The molecule has 0 amide bonds.